The fraction of sp³-hybridized carbons (Fsp3) is 0.588. The number of hydrogen-bond donors (Lipinski definition) is 0. The molecule has 0 saturated carbocycles. The quantitative estimate of drug-likeness (QED) is 0.845. The monoisotopic (exact) mass is 332 g/mol. The van der Waals surface area contributed by atoms with Crippen LogP contribution in [0.5, 0.6) is 0 Å². The highest BCUT2D eigenvalue weighted by Gasteiger charge is 2.20. The zero-order valence-electron chi connectivity index (χ0n) is 13.9. The average Bonchev–Trinajstić information content (AvgIpc) is 3.01. The summed E-state index contributed by atoms with van der Waals surface area (Å²) in [5.74, 6) is 0.223. The Balaban J connectivity index is 1.52. The smallest absolute Gasteiger partial charge is 0.222 e. The average molecular weight is 332 g/mol. The zero-order chi connectivity index (χ0) is 16.2. The first kappa shape index (κ1) is 16.3. The van der Waals surface area contributed by atoms with Crippen molar-refractivity contribution in [1.29, 1.82) is 0 Å². The van der Waals surface area contributed by atoms with Gasteiger partial charge in [0.25, 0.3) is 0 Å². The van der Waals surface area contributed by atoms with E-state index in [-0.39, 0.29) is 5.91 Å². The summed E-state index contributed by atoms with van der Waals surface area (Å²) in [6.45, 7) is 1.79. The van der Waals surface area contributed by atoms with Gasteiger partial charge in [-0.3, -0.25) is 4.79 Å². The van der Waals surface area contributed by atoms with E-state index >= 15 is 0 Å². The summed E-state index contributed by atoms with van der Waals surface area (Å²) in [6.07, 6.45) is 5.40. The molecule has 2 heterocycles. The molecule has 1 saturated heterocycles. The fourth-order valence-corrected chi connectivity index (χ4v) is 3.80. The van der Waals surface area contributed by atoms with Crippen molar-refractivity contribution in [3.63, 3.8) is 0 Å². The van der Waals surface area contributed by atoms with E-state index < -0.39 is 0 Å². The summed E-state index contributed by atoms with van der Waals surface area (Å²) in [4.78, 5) is 16.6. The summed E-state index contributed by atoms with van der Waals surface area (Å²) < 4.78 is 8.47. The molecule has 2 aromatic rings. The van der Waals surface area contributed by atoms with Gasteiger partial charge < -0.3 is 9.80 Å². The van der Waals surface area contributed by atoms with Crippen LogP contribution >= 0.6 is 11.7 Å². The Hall–Kier alpha value is -1.53. The molecule has 1 aromatic carbocycles. The maximum absolute atomic E-state index is 12.4. The second kappa shape index (κ2) is 7.36. The van der Waals surface area contributed by atoms with E-state index in [1.165, 1.54) is 31.0 Å². The van der Waals surface area contributed by atoms with E-state index in [2.05, 4.69) is 20.7 Å². The molecule has 23 heavy (non-hydrogen) atoms. The number of likely N-dealkylation sites (tertiary alicyclic amines) is 1. The molecule has 5 nitrogen and oxygen atoms in total. The van der Waals surface area contributed by atoms with Crippen molar-refractivity contribution in [2.24, 2.45) is 0 Å². The van der Waals surface area contributed by atoms with Crippen molar-refractivity contribution in [3.8, 4) is 0 Å². The Morgan fingerprint density at radius 2 is 2.17 bits per heavy atom. The predicted octanol–water partition coefficient (Wildman–Crippen LogP) is 2.91. The molecule has 6 heteroatoms. The van der Waals surface area contributed by atoms with Crippen LogP contribution in [0.4, 0.5) is 0 Å². The molecule has 0 aliphatic carbocycles. The van der Waals surface area contributed by atoms with Gasteiger partial charge in [-0.25, -0.2) is 0 Å². The van der Waals surface area contributed by atoms with Crippen LogP contribution in [0.1, 0.15) is 37.7 Å². The molecule has 1 fully saturated rings. The van der Waals surface area contributed by atoms with Gasteiger partial charge in [-0.1, -0.05) is 12.5 Å². The number of amides is 1. The van der Waals surface area contributed by atoms with Crippen molar-refractivity contribution in [1.82, 2.24) is 18.5 Å². The summed E-state index contributed by atoms with van der Waals surface area (Å²) >= 11 is 1.23. The number of benzene rings is 1. The lowest BCUT2D eigenvalue weighted by Gasteiger charge is -2.32. The van der Waals surface area contributed by atoms with Crippen LogP contribution < -0.4 is 0 Å². The number of rotatable bonds is 5. The molecule has 1 aliphatic rings. The van der Waals surface area contributed by atoms with E-state index in [1.807, 2.05) is 30.1 Å². The summed E-state index contributed by atoms with van der Waals surface area (Å²) in [7, 11) is 4.06. The number of carbonyl (C=O) groups is 1. The van der Waals surface area contributed by atoms with Crippen LogP contribution in [-0.4, -0.2) is 51.1 Å². The molecule has 1 aliphatic heterocycles. The molecular weight excluding hydrogens is 308 g/mol. The Bertz CT molecular complexity index is 671. The second-order valence-corrected chi connectivity index (χ2v) is 7.03. The topological polar surface area (TPSA) is 49.3 Å². The van der Waals surface area contributed by atoms with Gasteiger partial charge in [0.2, 0.25) is 5.91 Å². The van der Waals surface area contributed by atoms with Gasteiger partial charge in [0, 0.05) is 26.1 Å². The van der Waals surface area contributed by atoms with Crippen LogP contribution in [0.25, 0.3) is 11.0 Å². The van der Waals surface area contributed by atoms with Crippen LogP contribution in [0.15, 0.2) is 18.2 Å². The minimum absolute atomic E-state index is 0.223. The predicted molar refractivity (Wildman–Crippen MR) is 93.4 cm³/mol. The van der Waals surface area contributed by atoms with E-state index in [0.717, 1.165) is 29.6 Å². The molecule has 3 rings (SSSR count). The first-order valence-corrected chi connectivity index (χ1v) is 9.02. The highest BCUT2D eigenvalue weighted by molar-refractivity contribution is 7.00. The first-order chi connectivity index (χ1) is 11.1. The summed E-state index contributed by atoms with van der Waals surface area (Å²) in [5, 5.41) is 0. The van der Waals surface area contributed by atoms with Gasteiger partial charge in [-0.15, -0.1) is 0 Å². The highest BCUT2D eigenvalue weighted by atomic mass is 32.1. The standard InChI is InChI=1S/C17H24N4OS/c1-20-10-4-3-5-14(20)7-9-17(22)21(2)12-13-6-8-15-16(11-13)19-23-18-15/h6,8,11,14H,3-5,7,9-10,12H2,1-2H3. The van der Waals surface area contributed by atoms with Crippen molar-refractivity contribution in [2.45, 2.75) is 44.7 Å². The summed E-state index contributed by atoms with van der Waals surface area (Å²) in [5.41, 5.74) is 2.95. The summed E-state index contributed by atoms with van der Waals surface area (Å²) in [6, 6.07) is 6.60. The van der Waals surface area contributed by atoms with Crippen LogP contribution in [-0.2, 0) is 11.3 Å². The Morgan fingerprint density at radius 3 is 3.00 bits per heavy atom. The van der Waals surface area contributed by atoms with Crippen LogP contribution in [0.2, 0.25) is 0 Å². The largest absolute Gasteiger partial charge is 0.341 e. The number of hydrogen-bond acceptors (Lipinski definition) is 5. The molecule has 1 atom stereocenters. The van der Waals surface area contributed by atoms with Crippen molar-refractivity contribution in [3.05, 3.63) is 23.8 Å². The van der Waals surface area contributed by atoms with Crippen LogP contribution in [0, 0.1) is 0 Å². The zero-order valence-corrected chi connectivity index (χ0v) is 14.7. The van der Waals surface area contributed by atoms with Gasteiger partial charge in [-0.05, 0) is 50.6 Å². The van der Waals surface area contributed by atoms with Gasteiger partial charge in [-0.2, -0.15) is 8.75 Å². The molecule has 1 unspecified atom stereocenters. The minimum Gasteiger partial charge on any atom is -0.341 e. The molecule has 0 bridgehead atoms. The second-order valence-electron chi connectivity index (χ2n) is 6.51. The number of carbonyl (C=O) groups excluding carboxylic acids is 1. The van der Waals surface area contributed by atoms with Gasteiger partial charge in [0.1, 0.15) is 11.0 Å². The fourth-order valence-electron chi connectivity index (χ4n) is 3.28. The molecule has 1 amide bonds. The van der Waals surface area contributed by atoms with E-state index in [1.54, 1.807) is 0 Å². The molecule has 0 N–H and O–H groups in total. The number of piperidine rings is 1. The number of aromatic nitrogens is 2. The molecule has 124 valence electrons. The SMILES string of the molecule is CN(Cc1ccc2nsnc2c1)C(=O)CCC1CCCCN1C. The Morgan fingerprint density at radius 1 is 1.35 bits per heavy atom. The highest BCUT2D eigenvalue weighted by Crippen LogP contribution is 2.20. The van der Waals surface area contributed by atoms with Crippen molar-refractivity contribution in [2.75, 3.05) is 20.6 Å². The number of nitrogens with zero attached hydrogens (tertiary/aromatic N) is 4. The van der Waals surface area contributed by atoms with E-state index in [0.29, 0.717) is 19.0 Å². The first-order valence-electron chi connectivity index (χ1n) is 8.29. The molecular formula is C17H24N4OS. The lowest BCUT2D eigenvalue weighted by molar-refractivity contribution is -0.130. The maximum atomic E-state index is 12.4. The lowest BCUT2D eigenvalue weighted by atomic mass is 9.98. The van der Waals surface area contributed by atoms with E-state index in [4.69, 9.17) is 0 Å². The lowest BCUT2D eigenvalue weighted by Crippen LogP contribution is -2.37. The van der Waals surface area contributed by atoms with Crippen LogP contribution in [0.3, 0.4) is 0 Å². The third-order valence-corrected chi connectivity index (χ3v) is 5.33. The normalized spacial score (nSPS) is 19.1. The number of fused-ring (bicyclic) bond motifs is 1. The van der Waals surface area contributed by atoms with E-state index in [9.17, 15) is 4.79 Å². The minimum atomic E-state index is 0.223. The van der Waals surface area contributed by atoms with Crippen molar-refractivity contribution >= 4 is 28.7 Å². The molecule has 1 aromatic heterocycles. The third kappa shape index (κ3) is 4.06. The Labute approximate surface area is 141 Å². The molecule has 0 radical (unpaired) electrons. The van der Waals surface area contributed by atoms with Gasteiger partial charge >= 0.3 is 0 Å². The van der Waals surface area contributed by atoms with Gasteiger partial charge in [0.05, 0.1) is 11.7 Å². The van der Waals surface area contributed by atoms with Crippen molar-refractivity contribution < 1.29 is 4.79 Å². The third-order valence-electron chi connectivity index (χ3n) is 4.78. The maximum Gasteiger partial charge on any atom is 0.222 e. The molecule has 0 spiro atoms. The Kier molecular flexibility index (Phi) is 5.23. The van der Waals surface area contributed by atoms with Gasteiger partial charge in [0.15, 0.2) is 0 Å².